The number of allylic oxidation sites excluding steroid dienone is 1. The van der Waals surface area contributed by atoms with Gasteiger partial charge in [-0.25, -0.2) is 4.79 Å². The maximum Gasteiger partial charge on any atom is 0.328 e. The first-order valence-corrected chi connectivity index (χ1v) is 45.8. The molecule has 768 valence electrons. The molecule has 4 aliphatic rings. The van der Waals surface area contributed by atoms with E-state index in [9.17, 15) is 103 Å². The average Bonchev–Trinajstić information content (AvgIpc) is 0.781. The molecule has 136 heavy (non-hydrogen) atoms. The molecule has 11 amide bonds. The van der Waals surface area contributed by atoms with Gasteiger partial charge in [0.2, 0.25) is 53.2 Å². The molecular formula is C88H140N12O36. The summed E-state index contributed by atoms with van der Waals surface area (Å²) >= 11 is 0. The molecule has 0 aliphatic carbocycles. The summed E-state index contributed by atoms with van der Waals surface area (Å²) < 4.78 is 64.0. The van der Waals surface area contributed by atoms with Gasteiger partial charge in [-0.1, -0.05) is 109 Å². The largest absolute Gasteiger partial charge is 0.508 e. The lowest BCUT2D eigenvalue weighted by Crippen LogP contribution is -2.67. The lowest BCUT2D eigenvalue weighted by Gasteiger charge is -2.46. The molecule has 22 N–H and O–H groups in total. The number of likely N-dealkylation sites (N-methyl/N-ethyl adjacent to an activating group) is 1. The fourth-order valence-corrected chi connectivity index (χ4v) is 15.5. The molecule has 0 spiro atoms. The number of unbranched alkanes of at least 4 members (excludes halogenated alkanes) is 13. The number of hydrogen-bond donors (Lipinski definition) is 20. The number of carbonyl (C=O) groups is 16. The van der Waals surface area contributed by atoms with Gasteiger partial charge in [0.25, 0.3) is 11.8 Å². The number of aliphatic hydroxyl groups excluding tert-OH is 8. The van der Waals surface area contributed by atoms with Crippen LogP contribution >= 0.6 is 0 Å². The maximum absolute atomic E-state index is 15.6. The van der Waals surface area contributed by atoms with Crippen molar-refractivity contribution in [2.75, 3.05) is 40.0 Å². The Morgan fingerprint density at radius 2 is 1.21 bits per heavy atom. The molecule has 27 atom stereocenters. The van der Waals surface area contributed by atoms with Gasteiger partial charge >= 0.3 is 29.8 Å². The van der Waals surface area contributed by atoms with Crippen molar-refractivity contribution in [2.24, 2.45) is 11.5 Å². The van der Waals surface area contributed by atoms with Crippen molar-refractivity contribution in [3.63, 3.8) is 0 Å². The smallest absolute Gasteiger partial charge is 0.328 e. The van der Waals surface area contributed by atoms with E-state index in [0.29, 0.717) is 17.7 Å². The first kappa shape index (κ1) is 116. The summed E-state index contributed by atoms with van der Waals surface area (Å²) in [6.45, 7) is 8.81. The first-order valence-electron chi connectivity index (χ1n) is 45.8. The van der Waals surface area contributed by atoms with E-state index in [1.54, 1.807) is 0 Å². The highest BCUT2D eigenvalue weighted by molar-refractivity contribution is 6.03. The Balaban J connectivity index is 1.67. The number of aromatic hydroxyl groups is 1. The molecule has 0 saturated carbocycles. The zero-order valence-electron chi connectivity index (χ0n) is 78.8. The number of esters is 5. The van der Waals surface area contributed by atoms with Crippen molar-refractivity contribution in [3.05, 3.63) is 41.6 Å². The highest BCUT2D eigenvalue weighted by Crippen LogP contribution is 2.34. The topological polar surface area (TPSA) is 720 Å². The van der Waals surface area contributed by atoms with Crippen LogP contribution in [0.5, 0.6) is 5.75 Å². The minimum atomic E-state index is -2.42. The fraction of sp³-hybridized carbons (Fsp3) is 0.727. The van der Waals surface area contributed by atoms with E-state index in [1.807, 2.05) is 0 Å². The molecule has 48 heteroatoms. The van der Waals surface area contributed by atoms with E-state index in [4.69, 9.17) is 63.6 Å². The molecule has 4 saturated heterocycles. The Hall–Kier alpha value is -10.3. The van der Waals surface area contributed by atoms with Crippen molar-refractivity contribution >= 4 is 94.8 Å². The van der Waals surface area contributed by atoms with Crippen LogP contribution in [0.15, 0.2) is 36.0 Å². The van der Waals surface area contributed by atoms with Crippen LogP contribution < -0.4 is 59.3 Å². The molecule has 4 aliphatic heterocycles. The summed E-state index contributed by atoms with van der Waals surface area (Å²) in [5.41, 5.74) is 11.0. The van der Waals surface area contributed by atoms with Crippen LogP contribution in [0.3, 0.4) is 0 Å². The molecular weight excluding hydrogens is 1800 g/mol. The number of cyclic esters (lactones) is 1. The fourth-order valence-electron chi connectivity index (χ4n) is 15.5. The van der Waals surface area contributed by atoms with Gasteiger partial charge in [0.15, 0.2) is 43.3 Å². The van der Waals surface area contributed by atoms with Gasteiger partial charge in [-0.05, 0) is 91.0 Å². The van der Waals surface area contributed by atoms with Crippen LogP contribution in [0.2, 0.25) is 0 Å². The van der Waals surface area contributed by atoms with E-state index in [0.717, 1.165) is 127 Å². The first-order chi connectivity index (χ1) is 64.3. The lowest BCUT2D eigenvalue weighted by atomic mass is 9.96. The van der Waals surface area contributed by atoms with Gasteiger partial charge in [-0.2, -0.15) is 0 Å². The number of carbonyl (C=O) groups excluding carboxylic acids is 16. The maximum atomic E-state index is 15.6. The molecule has 1 aromatic rings. The second-order valence-corrected chi connectivity index (χ2v) is 34.1. The third-order valence-electron chi connectivity index (χ3n) is 22.9. The number of primary amides is 1. The zero-order chi connectivity index (χ0) is 101. The normalized spacial score (nSPS) is 28.8. The van der Waals surface area contributed by atoms with Crippen LogP contribution in [-0.2, 0) is 135 Å². The number of nitrogens with two attached hydrogens (primary N) is 2. The van der Waals surface area contributed by atoms with Crippen molar-refractivity contribution in [1.29, 1.82) is 0 Å². The van der Waals surface area contributed by atoms with Crippen LogP contribution in [0.1, 0.15) is 204 Å². The van der Waals surface area contributed by atoms with Crippen LogP contribution in [0.4, 0.5) is 0 Å². The second-order valence-electron chi connectivity index (χ2n) is 34.1. The van der Waals surface area contributed by atoms with Gasteiger partial charge in [0.05, 0.1) is 44.2 Å². The number of phenols is 1. The van der Waals surface area contributed by atoms with Gasteiger partial charge in [0, 0.05) is 54.5 Å². The summed E-state index contributed by atoms with van der Waals surface area (Å²) in [6.07, 6.45) is -25.5. The molecule has 27 unspecified atom stereocenters. The highest BCUT2D eigenvalue weighted by Gasteiger charge is 2.56. The molecule has 4 fully saturated rings. The quantitative estimate of drug-likeness (QED) is 0.0126. The Bertz CT molecular complexity index is 4130. The van der Waals surface area contributed by atoms with E-state index in [1.165, 1.54) is 44.0 Å². The Labute approximate surface area is 787 Å². The minimum absolute atomic E-state index is 0.0468. The lowest BCUT2D eigenvalue weighted by molar-refractivity contribution is -0.339. The summed E-state index contributed by atoms with van der Waals surface area (Å²) in [5, 5.41) is 122. The number of nitrogens with zero attached hydrogens (tertiary/aromatic N) is 1. The van der Waals surface area contributed by atoms with Crippen LogP contribution in [0, 0.1) is 0 Å². The number of ether oxygens (including phenoxy) is 11. The predicted octanol–water partition coefficient (Wildman–Crippen LogP) is -4.97. The Kier molecular flexibility index (Phi) is 49.9. The van der Waals surface area contributed by atoms with Gasteiger partial charge < -0.3 is 162 Å². The molecule has 48 nitrogen and oxygen atoms in total. The van der Waals surface area contributed by atoms with Crippen LogP contribution in [-0.4, -0.2) is 351 Å². The SMILES string of the molecule is CC=C1NC(=O)C(Cc2ccc(O)cc2)NC(=O)C(C(C)O)NC(=O)C(NC(=O)C(NC(=O)C(O)C(CCCCCCCCCCCCCCC)OC2OCC(O)C(OC3OC(CO)C(O)C(O)C3NC(C)=O)C2O)C(C)O)C(C)OC(=O)C(CCCCN)NC(=O)C(C(C)OC2OC(COC(C)=O)C(OC(C)=O)C(OC(C)=O)C2OC(C)=O)N(C)C(=O)CNC(=O)C(CCC(N)=O)NC1=O. The second kappa shape index (κ2) is 58.4. The third-order valence-corrected chi connectivity index (χ3v) is 22.9. The monoisotopic (exact) mass is 1940 g/mol. The number of benzene rings is 1. The average molecular weight is 1940 g/mol. The third kappa shape index (κ3) is 37.2. The molecule has 1 aromatic carbocycles. The molecule has 0 radical (unpaired) electrons. The molecule has 0 aromatic heterocycles. The number of nitrogens with one attached hydrogen (secondary N) is 9. The molecule has 5 rings (SSSR count). The predicted molar refractivity (Wildman–Crippen MR) is 471 cm³/mol. The van der Waals surface area contributed by atoms with Crippen molar-refractivity contribution in [3.8, 4) is 5.75 Å². The van der Waals surface area contributed by atoms with Crippen molar-refractivity contribution in [1.82, 2.24) is 52.8 Å². The summed E-state index contributed by atoms with van der Waals surface area (Å²) in [6, 6.07) is -11.2. The number of aliphatic hydroxyl groups is 8. The molecule has 0 bridgehead atoms. The number of phenolic OH excluding ortho intramolecular Hbond substituents is 1. The molecule has 4 heterocycles. The Morgan fingerprint density at radius 3 is 1.77 bits per heavy atom. The van der Waals surface area contributed by atoms with Crippen molar-refractivity contribution < 1.29 is 175 Å². The number of amides is 11. The van der Waals surface area contributed by atoms with Crippen LogP contribution in [0.25, 0.3) is 0 Å². The zero-order valence-corrected chi connectivity index (χ0v) is 78.8. The van der Waals surface area contributed by atoms with E-state index >= 15 is 19.2 Å². The summed E-state index contributed by atoms with van der Waals surface area (Å²) in [5.74, 6) is -19.8. The van der Waals surface area contributed by atoms with Gasteiger partial charge in [-0.15, -0.1) is 0 Å². The summed E-state index contributed by atoms with van der Waals surface area (Å²) in [4.78, 5) is 226. The standard InChI is InChI=1S/C88H140N12O36/c1-13-15-16-17-18-19-20-21-22-23-24-25-26-30-59(133-87-72(116)73(58(110)41-127-87)136-86-67(92-47(7)104)71(115)69(113)60(40-101)134-86)70(114)84(124)98-65(44(4)103)81(121)99-66-45(5)128-85(125)56(29-27-28-37-89)95-83(123)68(46(6)129-88-76(132-51(11)108)75(131-50(10)107)74(130-49(9)106)61(135-88)42-126-48(8)105)100(12)63(112)39-91-77(117)55(35-36-62(90)111)94-78(118)54(14-2)93-79(119)57(38-52-31-33-53(109)34-32-52)96-80(120)64(43(3)102)97-82(66)122/h14,31-34,43-46,55-61,64-76,86-88,101-103,109-110,113-116H,13,15-30,35-42,89H2,1-12H3,(H2,90,111)(H,91,117)(H,92,104)(H,93,119)(H,94,118)(H,95,123)(H,96,120)(H,97,122)(H,98,124)(H,99,121). The van der Waals surface area contributed by atoms with Gasteiger partial charge in [0.1, 0.15) is 115 Å². The van der Waals surface area contributed by atoms with E-state index < -0.39 is 317 Å². The summed E-state index contributed by atoms with van der Waals surface area (Å²) in [7, 11) is 0.989. The van der Waals surface area contributed by atoms with Crippen molar-refractivity contribution in [2.45, 2.75) is 369 Å². The van der Waals surface area contributed by atoms with E-state index in [2.05, 4.69) is 54.8 Å². The van der Waals surface area contributed by atoms with E-state index in [-0.39, 0.29) is 43.5 Å². The number of rotatable bonds is 44. The number of hydrogen-bond acceptors (Lipinski definition) is 37. The minimum Gasteiger partial charge on any atom is -0.508 e. The van der Waals surface area contributed by atoms with Gasteiger partial charge in [-0.3, -0.25) is 71.9 Å². The Morgan fingerprint density at radius 1 is 0.625 bits per heavy atom. The highest BCUT2D eigenvalue weighted by atomic mass is 16.8.